The van der Waals surface area contributed by atoms with Crippen molar-refractivity contribution >= 4 is 16.0 Å². The van der Waals surface area contributed by atoms with Crippen molar-refractivity contribution in [3.05, 3.63) is 66.1 Å². The molecule has 0 saturated heterocycles. The lowest BCUT2D eigenvalue weighted by Crippen LogP contribution is -2.38. The van der Waals surface area contributed by atoms with Crippen LogP contribution in [0.15, 0.2) is 63.3 Å². The van der Waals surface area contributed by atoms with Gasteiger partial charge in [-0.15, -0.1) is 10.2 Å². The molecule has 0 spiro atoms. The van der Waals surface area contributed by atoms with E-state index in [1.807, 2.05) is 23.6 Å². The Kier molecular flexibility index (Phi) is 7.20. The fourth-order valence-electron chi connectivity index (χ4n) is 2.75. The number of primary sulfonamides is 1. The van der Waals surface area contributed by atoms with E-state index in [1.165, 1.54) is 12.1 Å². The number of hydrogen-bond donors (Lipinski definition) is 3. The molecule has 0 amide bonds. The van der Waals surface area contributed by atoms with Gasteiger partial charge in [-0.2, -0.15) is 0 Å². The Hall–Kier alpha value is -3.18. The zero-order valence-electron chi connectivity index (χ0n) is 16.7. The highest BCUT2D eigenvalue weighted by Gasteiger charge is 2.07. The van der Waals surface area contributed by atoms with Gasteiger partial charge in [0.1, 0.15) is 17.9 Å². The number of rotatable bonds is 9. The van der Waals surface area contributed by atoms with Gasteiger partial charge in [-0.05, 0) is 29.8 Å². The van der Waals surface area contributed by atoms with Crippen LogP contribution in [0.4, 0.5) is 0 Å². The second-order valence-corrected chi connectivity index (χ2v) is 8.07. The predicted molar refractivity (Wildman–Crippen MR) is 112 cm³/mol. The average Bonchev–Trinajstić information content (AvgIpc) is 3.41. The van der Waals surface area contributed by atoms with Gasteiger partial charge in [0.2, 0.25) is 10.0 Å². The maximum atomic E-state index is 11.4. The van der Waals surface area contributed by atoms with Crippen LogP contribution in [0.25, 0.3) is 0 Å². The van der Waals surface area contributed by atoms with Gasteiger partial charge in [-0.1, -0.05) is 19.1 Å². The molecular weight excluding hydrogens is 406 g/mol. The van der Waals surface area contributed by atoms with Gasteiger partial charge >= 0.3 is 0 Å². The van der Waals surface area contributed by atoms with E-state index in [9.17, 15) is 8.42 Å². The maximum Gasteiger partial charge on any atom is 0.238 e. The quantitative estimate of drug-likeness (QED) is 0.339. The summed E-state index contributed by atoms with van der Waals surface area (Å²) in [4.78, 5) is 4.65. The van der Waals surface area contributed by atoms with Crippen molar-refractivity contribution in [1.29, 1.82) is 0 Å². The number of nitrogens with one attached hydrogen (secondary N) is 2. The number of nitrogens with zero attached hydrogens (tertiary/aromatic N) is 4. The summed E-state index contributed by atoms with van der Waals surface area (Å²) in [5, 5.41) is 19.7. The number of sulfonamides is 1. The monoisotopic (exact) mass is 431 g/mol. The van der Waals surface area contributed by atoms with Crippen LogP contribution in [0.2, 0.25) is 0 Å². The second kappa shape index (κ2) is 10.0. The lowest BCUT2D eigenvalue weighted by atomic mass is 10.2. The molecule has 0 aliphatic carbocycles. The van der Waals surface area contributed by atoms with Gasteiger partial charge < -0.3 is 19.6 Å². The van der Waals surface area contributed by atoms with E-state index in [0.717, 1.165) is 23.6 Å². The highest BCUT2D eigenvalue weighted by molar-refractivity contribution is 7.89. The van der Waals surface area contributed by atoms with Crippen LogP contribution < -0.4 is 15.8 Å². The van der Waals surface area contributed by atoms with E-state index in [1.54, 1.807) is 24.7 Å². The molecule has 0 fully saturated rings. The summed E-state index contributed by atoms with van der Waals surface area (Å²) in [6, 6.07) is 10.0. The third kappa shape index (κ3) is 6.16. The molecule has 30 heavy (non-hydrogen) atoms. The van der Waals surface area contributed by atoms with Crippen molar-refractivity contribution in [3.63, 3.8) is 0 Å². The first kappa shape index (κ1) is 21.5. The minimum Gasteiger partial charge on any atom is -0.467 e. The van der Waals surface area contributed by atoms with E-state index < -0.39 is 10.0 Å². The fraction of sp³-hybridized carbons (Fsp3) is 0.316. The van der Waals surface area contributed by atoms with Gasteiger partial charge in [-0.25, -0.2) is 18.5 Å². The van der Waals surface area contributed by atoms with Crippen LogP contribution in [0.5, 0.6) is 0 Å². The van der Waals surface area contributed by atoms with Crippen LogP contribution in [-0.4, -0.2) is 35.7 Å². The molecule has 4 N–H and O–H groups in total. The largest absolute Gasteiger partial charge is 0.467 e. The summed E-state index contributed by atoms with van der Waals surface area (Å²) in [6.45, 7) is 4.20. The summed E-state index contributed by atoms with van der Waals surface area (Å²) in [5.41, 5.74) is 0.855. The lowest BCUT2D eigenvalue weighted by Gasteiger charge is -2.13. The highest BCUT2D eigenvalue weighted by Crippen LogP contribution is 2.09. The SMILES string of the molecule is CCc1nncn1CCNC(=NCc1ccc(S(N)(=O)=O)cc1)NCc1ccco1. The molecule has 0 atom stereocenters. The number of aliphatic imine (C=N–C) groups is 1. The van der Waals surface area contributed by atoms with Crippen LogP contribution >= 0.6 is 0 Å². The fourth-order valence-corrected chi connectivity index (χ4v) is 3.26. The Balaban J connectivity index is 1.63. The summed E-state index contributed by atoms with van der Waals surface area (Å²) in [5.74, 6) is 2.32. The minimum atomic E-state index is -3.71. The zero-order valence-corrected chi connectivity index (χ0v) is 17.5. The molecule has 10 nitrogen and oxygen atoms in total. The van der Waals surface area contributed by atoms with Gasteiger partial charge in [-0.3, -0.25) is 0 Å². The highest BCUT2D eigenvalue weighted by atomic mass is 32.2. The molecule has 2 aromatic heterocycles. The van der Waals surface area contributed by atoms with Crippen molar-refractivity contribution in [3.8, 4) is 0 Å². The van der Waals surface area contributed by atoms with E-state index in [2.05, 4.69) is 25.8 Å². The topological polar surface area (TPSA) is 140 Å². The minimum absolute atomic E-state index is 0.0743. The second-order valence-electron chi connectivity index (χ2n) is 6.51. The van der Waals surface area contributed by atoms with Crippen LogP contribution in [0.3, 0.4) is 0 Å². The molecule has 160 valence electrons. The number of aryl methyl sites for hydroxylation is 1. The molecule has 2 heterocycles. The number of guanidine groups is 1. The van der Waals surface area contributed by atoms with Crippen LogP contribution in [-0.2, 0) is 36.1 Å². The maximum absolute atomic E-state index is 11.4. The molecule has 0 radical (unpaired) electrons. The normalized spacial score (nSPS) is 12.1. The zero-order chi connectivity index (χ0) is 21.4. The third-order valence-electron chi connectivity index (χ3n) is 4.34. The summed E-state index contributed by atoms with van der Waals surface area (Å²) < 4.78 is 30.1. The van der Waals surface area contributed by atoms with E-state index >= 15 is 0 Å². The van der Waals surface area contributed by atoms with E-state index in [0.29, 0.717) is 32.1 Å². The first-order chi connectivity index (χ1) is 14.5. The van der Waals surface area contributed by atoms with Gasteiger partial charge in [0.05, 0.1) is 24.2 Å². The molecule has 0 saturated carbocycles. The number of aromatic nitrogens is 3. The molecule has 0 aliphatic rings. The summed E-state index contributed by atoms with van der Waals surface area (Å²) in [7, 11) is -3.71. The van der Waals surface area contributed by atoms with Gasteiger partial charge in [0, 0.05) is 19.5 Å². The molecule has 0 unspecified atom stereocenters. The van der Waals surface area contributed by atoms with Crippen molar-refractivity contribution in [1.82, 2.24) is 25.4 Å². The molecular formula is C19H25N7O3S. The molecule has 1 aromatic carbocycles. The lowest BCUT2D eigenvalue weighted by molar-refractivity contribution is 0.501. The van der Waals surface area contributed by atoms with Crippen molar-refractivity contribution in [2.45, 2.75) is 37.9 Å². The number of furan rings is 1. The molecule has 0 bridgehead atoms. The van der Waals surface area contributed by atoms with Gasteiger partial charge in [0.15, 0.2) is 5.96 Å². The molecule has 11 heteroatoms. The van der Waals surface area contributed by atoms with Crippen LogP contribution in [0, 0.1) is 0 Å². The first-order valence-corrected chi connectivity index (χ1v) is 11.0. The third-order valence-corrected chi connectivity index (χ3v) is 5.27. The summed E-state index contributed by atoms with van der Waals surface area (Å²) in [6.07, 6.45) is 4.14. The molecule has 3 rings (SSSR count). The standard InChI is InChI=1S/C19H25N7O3S/c1-2-18-25-24-14-26(18)10-9-21-19(23-13-16-4-3-11-29-16)22-12-15-5-7-17(8-6-15)30(20,27)28/h3-8,11,14H,2,9-10,12-13H2,1H3,(H2,20,27,28)(H2,21,22,23). The smallest absolute Gasteiger partial charge is 0.238 e. The first-order valence-electron chi connectivity index (χ1n) is 9.48. The Morgan fingerprint density at radius 3 is 2.70 bits per heavy atom. The number of hydrogen-bond acceptors (Lipinski definition) is 6. The Morgan fingerprint density at radius 1 is 1.23 bits per heavy atom. The van der Waals surface area contributed by atoms with Crippen molar-refractivity contribution < 1.29 is 12.8 Å². The Morgan fingerprint density at radius 2 is 2.03 bits per heavy atom. The molecule has 0 aliphatic heterocycles. The number of benzene rings is 1. The molecule has 3 aromatic rings. The van der Waals surface area contributed by atoms with E-state index in [-0.39, 0.29) is 4.90 Å². The predicted octanol–water partition coefficient (Wildman–Crippen LogP) is 1.02. The van der Waals surface area contributed by atoms with Crippen molar-refractivity contribution in [2.75, 3.05) is 6.54 Å². The van der Waals surface area contributed by atoms with Crippen molar-refractivity contribution in [2.24, 2.45) is 10.1 Å². The van der Waals surface area contributed by atoms with Gasteiger partial charge in [0.25, 0.3) is 0 Å². The Labute approximate surface area is 175 Å². The van der Waals surface area contributed by atoms with E-state index in [4.69, 9.17) is 9.56 Å². The van der Waals surface area contributed by atoms with Crippen LogP contribution in [0.1, 0.15) is 24.1 Å². The Bertz CT molecular complexity index is 1060. The average molecular weight is 432 g/mol. The number of nitrogens with two attached hydrogens (primary N) is 1. The summed E-state index contributed by atoms with van der Waals surface area (Å²) >= 11 is 0.